The minimum Gasteiger partial charge on any atom is -0.493 e. The summed E-state index contributed by atoms with van der Waals surface area (Å²) in [4.78, 5) is 31.7. The van der Waals surface area contributed by atoms with Crippen LogP contribution < -0.4 is 14.8 Å². The van der Waals surface area contributed by atoms with Crippen molar-refractivity contribution in [2.45, 2.75) is 19.9 Å². The zero-order valence-corrected chi connectivity index (χ0v) is 22.0. The lowest BCUT2D eigenvalue weighted by atomic mass is 9.94. The van der Waals surface area contributed by atoms with Crippen LogP contribution in [0.4, 0.5) is 5.69 Å². The first kappa shape index (κ1) is 25.9. The van der Waals surface area contributed by atoms with Gasteiger partial charge < -0.3 is 24.4 Å². The average Bonchev–Trinajstić information content (AvgIpc) is 3.29. The second-order valence-electron chi connectivity index (χ2n) is 7.73. The van der Waals surface area contributed by atoms with E-state index in [-0.39, 0.29) is 13.2 Å². The maximum Gasteiger partial charge on any atom is 0.338 e. The highest BCUT2D eigenvalue weighted by Crippen LogP contribution is 2.43. The zero-order chi connectivity index (χ0) is 25.8. The van der Waals surface area contributed by atoms with E-state index in [1.165, 1.54) is 18.9 Å². The summed E-state index contributed by atoms with van der Waals surface area (Å²) in [6, 6.07) is 9.60. The van der Waals surface area contributed by atoms with Gasteiger partial charge in [-0.15, -0.1) is 0 Å². The fraction of sp³-hybridized carbons (Fsp3) is 0.240. The first-order chi connectivity index (χ1) is 17.3. The lowest BCUT2D eigenvalue weighted by Crippen LogP contribution is -2.34. The van der Waals surface area contributed by atoms with Crippen LogP contribution in [0.25, 0.3) is 0 Å². The Balaban J connectivity index is 1.55. The van der Waals surface area contributed by atoms with Crippen LogP contribution in [0.15, 0.2) is 64.3 Å². The Bertz CT molecular complexity index is 1270. The number of anilines is 1. The maximum atomic E-state index is 12.8. The Morgan fingerprint density at radius 3 is 2.58 bits per heavy atom. The van der Waals surface area contributed by atoms with Crippen molar-refractivity contribution in [1.82, 2.24) is 4.90 Å². The summed E-state index contributed by atoms with van der Waals surface area (Å²) in [5.41, 5.74) is 2.28. The van der Waals surface area contributed by atoms with E-state index in [1.807, 2.05) is 22.6 Å². The molecule has 36 heavy (non-hydrogen) atoms. The largest absolute Gasteiger partial charge is 0.493 e. The Kier molecular flexibility index (Phi) is 8.13. The number of carbonyl (C=O) groups excluding carboxylic acids is 2. The normalized spacial score (nSPS) is 16.4. The number of amides is 1. The molecule has 188 valence electrons. The Morgan fingerprint density at radius 2 is 1.89 bits per heavy atom. The van der Waals surface area contributed by atoms with Gasteiger partial charge in [0.25, 0.3) is 5.91 Å². The smallest absolute Gasteiger partial charge is 0.338 e. The molecule has 0 saturated heterocycles. The zero-order valence-electron chi connectivity index (χ0n) is 19.7. The van der Waals surface area contributed by atoms with Gasteiger partial charge in [0.15, 0.2) is 23.3 Å². The van der Waals surface area contributed by atoms with Gasteiger partial charge in [0, 0.05) is 21.9 Å². The third-order valence-corrected chi connectivity index (χ3v) is 6.53. The minimum atomic E-state index is -0.457. The van der Waals surface area contributed by atoms with Gasteiger partial charge in [-0.05, 0) is 55.2 Å². The molecule has 1 atom stereocenters. The predicted molar refractivity (Wildman–Crippen MR) is 142 cm³/mol. The number of halogens is 2. The van der Waals surface area contributed by atoms with Crippen LogP contribution in [-0.2, 0) is 14.3 Å². The number of hydrogen-bond acceptors (Lipinski definition) is 8. The number of aliphatic imine (C=N–C) groups is 1. The average molecular weight is 548 g/mol. The summed E-state index contributed by atoms with van der Waals surface area (Å²) < 4.78 is 16.6. The molecule has 2 aliphatic heterocycles. The molecule has 2 heterocycles. The van der Waals surface area contributed by atoms with Crippen molar-refractivity contribution < 1.29 is 23.8 Å². The molecule has 0 spiro atoms. The molecule has 2 aliphatic rings. The molecule has 1 amide bonds. The Hall–Kier alpha value is -3.14. The van der Waals surface area contributed by atoms with Crippen molar-refractivity contribution in [1.29, 1.82) is 0 Å². The maximum absolute atomic E-state index is 12.8. The molecule has 11 heteroatoms. The third-order valence-electron chi connectivity index (χ3n) is 5.32. The molecular weight excluding hydrogens is 525 g/mol. The molecule has 4 rings (SSSR count). The number of allylic oxidation sites excluding steroid dienone is 1. The number of nitrogens with one attached hydrogen (secondary N) is 1. The van der Waals surface area contributed by atoms with E-state index in [1.54, 1.807) is 44.2 Å². The summed E-state index contributed by atoms with van der Waals surface area (Å²) in [7, 11) is 1.51. The van der Waals surface area contributed by atoms with E-state index in [9.17, 15) is 9.59 Å². The molecule has 1 N–H and O–H groups in total. The number of carbonyl (C=O) groups is 2. The van der Waals surface area contributed by atoms with E-state index >= 15 is 0 Å². The number of esters is 1. The van der Waals surface area contributed by atoms with Crippen molar-refractivity contribution in [3.63, 3.8) is 0 Å². The highest BCUT2D eigenvalue weighted by Gasteiger charge is 2.37. The van der Waals surface area contributed by atoms with Gasteiger partial charge in [-0.1, -0.05) is 41.0 Å². The lowest BCUT2D eigenvalue weighted by molar-refractivity contribution is -0.139. The predicted octanol–water partition coefficient (Wildman–Crippen LogP) is 5.79. The van der Waals surface area contributed by atoms with Crippen LogP contribution in [0.5, 0.6) is 11.5 Å². The van der Waals surface area contributed by atoms with E-state index in [0.29, 0.717) is 38.5 Å². The number of benzene rings is 2. The summed E-state index contributed by atoms with van der Waals surface area (Å²) in [6.45, 7) is 3.54. The van der Waals surface area contributed by atoms with Crippen LogP contribution in [-0.4, -0.2) is 42.3 Å². The molecular formula is C25H23Cl2N3O5S. The summed E-state index contributed by atoms with van der Waals surface area (Å²) >= 11 is 13.4. The van der Waals surface area contributed by atoms with E-state index in [0.717, 1.165) is 10.7 Å². The molecule has 0 saturated carbocycles. The second kappa shape index (κ2) is 11.3. The van der Waals surface area contributed by atoms with Crippen molar-refractivity contribution in [2.24, 2.45) is 4.99 Å². The molecule has 0 bridgehead atoms. The SMILES string of the molecule is CCOC(=O)C1=C(C)N=C2SC=CN2[C@H]1c1ccc(OCC(=O)Nc2cc(Cl)cc(Cl)c2)c(OC)c1. The van der Waals surface area contributed by atoms with Gasteiger partial charge in [0.05, 0.1) is 31.0 Å². The number of hydrogen-bond donors (Lipinski definition) is 1. The Labute approximate surface area is 222 Å². The van der Waals surface area contributed by atoms with E-state index < -0.39 is 17.9 Å². The molecule has 0 unspecified atom stereocenters. The van der Waals surface area contributed by atoms with Crippen LogP contribution in [0, 0.1) is 0 Å². The molecule has 8 nitrogen and oxygen atoms in total. The minimum absolute atomic E-state index is 0.253. The molecule has 0 aromatic heterocycles. The molecule has 0 radical (unpaired) electrons. The highest BCUT2D eigenvalue weighted by atomic mass is 35.5. The monoisotopic (exact) mass is 547 g/mol. The van der Waals surface area contributed by atoms with Gasteiger partial charge in [-0.2, -0.15) is 0 Å². The number of rotatable bonds is 8. The van der Waals surface area contributed by atoms with Crippen LogP contribution >= 0.6 is 35.0 Å². The quantitative estimate of drug-likeness (QED) is 0.418. The number of thioether (sulfide) groups is 1. The number of amidine groups is 1. The summed E-state index contributed by atoms with van der Waals surface area (Å²) in [5.74, 6) is -0.0398. The van der Waals surface area contributed by atoms with Gasteiger partial charge in [-0.25, -0.2) is 9.79 Å². The van der Waals surface area contributed by atoms with Crippen LogP contribution in [0.1, 0.15) is 25.5 Å². The number of methoxy groups -OCH3 is 1. The molecule has 0 aliphatic carbocycles. The van der Waals surface area contributed by atoms with Crippen molar-refractivity contribution in [2.75, 3.05) is 25.6 Å². The molecule has 0 fully saturated rings. The Morgan fingerprint density at radius 1 is 1.14 bits per heavy atom. The number of ether oxygens (including phenoxy) is 3. The number of fused-ring (bicyclic) bond motifs is 1. The number of nitrogens with zero attached hydrogens (tertiary/aromatic N) is 2. The standard InChI is InChI=1S/C25H23Cl2N3O5S/c1-4-34-24(32)22-14(2)28-25-30(7-8-36-25)23(22)15-5-6-19(20(9-15)33-3)35-13-21(31)29-18-11-16(26)10-17(27)12-18/h5-12,23H,4,13H2,1-3H3,(H,29,31)/t23-/m0/s1. The highest BCUT2D eigenvalue weighted by molar-refractivity contribution is 8.16. The van der Waals surface area contributed by atoms with E-state index in [2.05, 4.69) is 10.3 Å². The van der Waals surface area contributed by atoms with E-state index in [4.69, 9.17) is 37.4 Å². The fourth-order valence-electron chi connectivity index (χ4n) is 3.84. The molecule has 2 aromatic rings. The van der Waals surface area contributed by atoms with Crippen LogP contribution in [0.2, 0.25) is 10.0 Å². The van der Waals surface area contributed by atoms with Crippen molar-refractivity contribution in [3.05, 3.63) is 74.9 Å². The fourth-order valence-corrected chi connectivity index (χ4v) is 5.16. The first-order valence-electron chi connectivity index (χ1n) is 11.0. The lowest BCUT2D eigenvalue weighted by Gasteiger charge is -2.33. The topological polar surface area (TPSA) is 89.5 Å². The second-order valence-corrected chi connectivity index (χ2v) is 9.48. The van der Waals surface area contributed by atoms with Gasteiger partial charge in [0.1, 0.15) is 0 Å². The van der Waals surface area contributed by atoms with Gasteiger partial charge >= 0.3 is 5.97 Å². The summed E-state index contributed by atoms with van der Waals surface area (Å²) in [5, 5.41) is 6.18. The first-order valence-corrected chi connectivity index (χ1v) is 12.6. The third kappa shape index (κ3) is 5.64. The summed E-state index contributed by atoms with van der Waals surface area (Å²) in [6.07, 6.45) is 1.88. The molecule has 2 aromatic carbocycles. The van der Waals surface area contributed by atoms with Gasteiger partial charge in [-0.3, -0.25) is 4.79 Å². The van der Waals surface area contributed by atoms with Crippen molar-refractivity contribution in [3.8, 4) is 11.5 Å². The van der Waals surface area contributed by atoms with Crippen molar-refractivity contribution >= 4 is 57.7 Å². The van der Waals surface area contributed by atoms with Crippen LogP contribution in [0.3, 0.4) is 0 Å². The van der Waals surface area contributed by atoms with Gasteiger partial charge in [0.2, 0.25) is 0 Å².